The van der Waals surface area contributed by atoms with Gasteiger partial charge in [0.1, 0.15) is 28.1 Å². The van der Waals surface area contributed by atoms with Gasteiger partial charge in [-0.3, -0.25) is 4.84 Å². The van der Waals surface area contributed by atoms with Crippen LogP contribution in [0.2, 0.25) is 5.15 Å². The van der Waals surface area contributed by atoms with Gasteiger partial charge in [-0.2, -0.15) is 4.98 Å². The number of nitrogens with one attached hydrogen (secondary N) is 1. The molecule has 26 heavy (non-hydrogen) atoms. The summed E-state index contributed by atoms with van der Waals surface area (Å²) in [6.45, 7) is 1.82. The third kappa shape index (κ3) is 3.65. The number of pyridine rings is 1. The first-order valence-electron chi connectivity index (χ1n) is 7.68. The fourth-order valence-electron chi connectivity index (χ4n) is 2.39. The van der Waals surface area contributed by atoms with Crippen LogP contribution in [0, 0.1) is 0 Å². The van der Waals surface area contributed by atoms with Gasteiger partial charge in [-0.15, -0.1) is 0 Å². The fraction of sp³-hybridized carbons (Fsp3) is 0.250. The van der Waals surface area contributed by atoms with E-state index in [1.165, 1.54) is 25.3 Å². The first-order chi connectivity index (χ1) is 12.5. The highest BCUT2D eigenvalue weighted by atomic mass is 35.5. The van der Waals surface area contributed by atoms with Crippen LogP contribution in [0.15, 0.2) is 45.8 Å². The van der Waals surface area contributed by atoms with Gasteiger partial charge in [-0.25, -0.2) is 8.42 Å². The van der Waals surface area contributed by atoms with Crippen molar-refractivity contribution in [3.63, 3.8) is 0 Å². The lowest BCUT2D eigenvalue weighted by Crippen LogP contribution is -2.26. The van der Waals surface area contributed by atoms with Crippen LogP contribution in [0.1, 0.15) is 25.1 Å². The first kappa shape index (κ1) is 18.6. The van der Waals surface area contributed by atoms with E-state index in [2.05, 4.69) is 15.0 Å². The zero-order valence-corrected chi connectivity index (χ0v) is 15.5. The summed E-state index contributed by atoms with van der Waals surface area (Å²) in [5.41, 5.74) is 0.539. The highest BCUT2D eigenvalue weighted by Crippen LogP contribution is 2.35. The lowest BCUT2D eigenvalue weighted by atomic mass is 10.1. The molecule has 0 spiro atoms. The average Bonchev–Trinajstić information content (AvgIpc) is 3.06. The van der Waals surface area contributed by atoms with Crippen LogP contribution in [0.5, 0.6) is 5.75 Å². The highest BCUT2D eigenvalue weighted by molar-refractivity contribution is 7.89. The van der Waals surface area contributed by atoms with Gasteiger partial charge in [0.05, 0.1) is 12.0 Å². The lowest BCUT2D eigenvalue weighted by Gasteiger charge is -2.15. The lowest BCUT2D eigenvalue weighted by molar-refractivity contribution is 0.0104. The molecule has 0 radical (unpaired) electrons. The molecular formula is C16H16ClN3O5S. The molecule has 3 aromatic rings. The number of halogens is 1. The third-order valence-corrected chi connectivity index (χ3v) is 5.06. The van der Waals surface area contributed by atoms with Crippen LogP contribution in [0.3, 0.4) is 0 Å². The smallest absolute Gasteiger partial charge is 0.263 e. The summed E-state index contributed by atoms with van der Waals surface area (Å²) >= 11 is 5.91. The molecule has 1 atom stereocenters. The second kappa shape index (κ2) is 7.58. The van der Waals surface area contributed by atoms with Crippen molar-refractivity contribution >= 4 is 32.7 Å². The Balaban J connectivity index is 1.89. The quantitative estimate of drug-likeness (QED) is 0.482. The minimum Gasteiger partial charge on any atom is -0.496 e. The van der Waals surface area contributed by atoms with E-state index in [4.69, 9.17) is 25.7 Å². The number of aromatic nitrogens is 2. The summed E-state index contributed by atoms with van der Waals surface area (Å²) in [6.07, 6.45) is -0.295. The largest absolute Gasteiger partial charge is 0.496 e. The summed E-state index contributed by atoms with van der Waals surface area (Å²) in [4.78, 5) is 11.7. The van der Waals surface area contributed by atoms with E-state index in [0.717, 1.165) is 0 Å². The Kier molecular flexibility index (Phi) is 5.42. The zero-order valence-electron chi connectivity index (χ0n) is 14.0. The molecule has 1 N–H and O–H groups in total. The maximum atomic E-state index is 12.3. The maximum absolute atomic E-state index is 12.3. The normalized spacial score (nSPS) is 13.0. The van der Waals surface area contributed by atoms with E-state index in [9.17, 15) is 8.42 Å². The number of methoxy groups -OCH3 is 1. The fourth-order valence-corrected chi connectivity index (χ4v) is 3.42. The average molecular weight is 398 g/mol. The molecule has 0 saturated heterocycles. The number of sulfonamides is 1. The third-order valence-electron chi connectivity index (χ3n) is 3.65. The highest BCUT2D eigenvalue weighted by Gasteiger charge is 2.25. The summed E-state index contributed by atoms with van der Waals surface area (Å²) in [6, 6.07) is 9.42. The molecule has 0 amide bonds. The van der Waals surface area contributed by atoms with Crippen molar-refractivity contribution < 1.29 is 22.5 Å². The van der Waals surface area contributed by atoms with Gasteiger partial charge in [0.15, 0.2) is 0 Å². The molecule has 1 unspecified atom stereocenters. The second-order valence-electron chi connectivity index (χ2n) is 5.31. The summed E-state index contributed by atoms with van der Waals surface area (Å²) in [5.74, 6) is 0.407. The number of fused-ring (bicyclic) bond motifs is 1. The molecule has 0 fully saturated rings. The molecule has 0 saturated carbocycles. The van der Waals surface area contributed by atoms with Gasteiger partial charge in [0.25, 0.3) is 15.7 Å². The predicted molar refractivity (Wildman–Crippen MR) is 94.2 cm³/mol. The molecule has 8 nitrogen and oxygen atoms in total. The SMILES string of the molecule is CCC(ONS(=O)(=O)c1ccccc1)c1noc2nc(Cl)cc(OC)c12. The summed E-state index contributed by atoms with van der Waals surface area (Å²) in [7, 11) is -2.36. The Morgan fingerprint density at radius 1 is 1.31 bits per heavy atom. The van der Waals surface area contributed by atoms with E-state index in [1.807, 2.05) is 6.92 Å². The Bertz CT molecular complexity index is 1010. The molecule has 3 rings (SSSR count). The second-order valence-corrected chi connectivity index (χ2v) is 7.34. The molecule has 1 aromatic carbocycles. The number of hydrogen-bond donors (Lipinski definition) is 1. The molecule has 0 bridgehead atoms. The minimum absolute atomic E-state index is 0.0888. The van der Waals surface area contributed by atoms with Gasteiger partial charge in [-0.1, -0.05) is 46.8 Å². The van der Waals surface area contributed by atoms with Crippen LogP contribution >= 0.6 is 11.6 Å². The van der Waals surface area contributed by atoms with Crippen LogP contribution in [0.25, 0.3) is 11.1 Å². The molecule has 0 aliphatic rings. The van der Waals surface area contributed by atoms with Crippen molar-refractivity contribution in [2.24, 2.45) is 0 Å². The van der Waals surface area contributed by atoms with Gasteiger partial charge >= 0.3 is 0 Å². The minimum atomic E-state index is -3.83. The van der Waals surface area contributed by atoms with Crippen LogP contribution in [0.4, 0.5) is 0 Å². The van der Waals surface area contributed by atoms with Crippen molar-refractivity contribution in [1.82, 2.24) is 15.0 Å². The van der Waals surface area contributed by atoms with Crippen molar-refractivity contribution in [3.8, 4) is 5.75 Å². The number of benzene rings is 1. The predicted octanol–water partition coefficient (Wildman–Crippen LogP) is 3.25. The molecule has 0 aliphatic carbocycles. The van der Waals surface area contributed by atoms with E-state index in [-0.39, 0.29) is 15.8 Å². The molecule has 2 heterocycles. The Labute approximate surface area is 155 Å². The van der Waals surface area contributed by atoms with Crippen LogP contribution in [-0.2, 0) is 14.9 Å². The molecular weight excluding hydrogens is 382 g/mol. The van der Waals surface area contributed by atoms with E-state index in [0.29, 0.717) is 23.3 Å². The van der Waals surface area contributed by atoms with Gasteiger partial charge in [0.2, 0.25) is 0 Å². The standard InChI is InChI=1S/C16H16ClN3O5S/c1-3-11(24-20-26(21,22)10-7-5-4-6-8-10)15-14-12(23-2)9-13(17)18-16(14)25-19-15/h4-9,11,20H,3H2,1-2H3. The maximum Gasteiger partial charge on any atom is 0.263 e. The van der Waals surface area contributed by atoms with Crippen molar-refractivity contribution in [2.45, 2.75) is 24.3 Å². The van der Waals surface area contributed by atoms with Crippen LogP contribution < -0.4 is 9.62 Å². The first-order valence-corrected chi connectivity index (χ1v) is 9.54. The van der Waals surface area contributed by atoms with E-state index in [1.54, 1.807) is 18.2 Å². The molecule has 138 valence electrons. The van der Waals surface area contributed by atoms with Gasteiger partial charge in [0, 0.05) is 6.07 Å². The number of rotatable bonds is 7. The van der Waals surface area contributed by atoms with Crippen molar-refractivity contribution in [3.05, 3.63) is 47.2 Å². The molecule has 0 aliphatic heterocycles. The topological polar surface area (TPSA) is 104 Å². The van der Waals surface area contributed by atoms with Gasteiger partial charge < -0.3 is 9.26 Å². The summed E-state index contributed by atoms with van der Waals surface area (Å²) < 4.78 is 35.1. The Morgan fingerprint density at radius 3 is 2.69 bits per heavy atom. The van der Waals surface area contributed by atoms with Crippen molar-refractivity contribution in [2.75, 3.05) is 7.11 Å². The molecule has 10 heteroatoms. The summed E-state index contributed by atoms with van der Waals surface area (Å²) in [5, 5.41) is 4.62. The van der Waals surface area contributed by atoms with Crippen molar-refractivity contribution in [1.29, 1.82) is 0 Å². The van der Waals surface area contributed by atoms with Crippen LogP contribution in [-0.4, -0.2) is 25.7 Å². The van der Waals surface area contributed by atoms with E-state index < -0.39 is 16.1 Å². The van der Waals surface area contributed by atoms with Gasteiger partial charge in [-0.05, 0) is 18.6 Å². The molecule has 2 aromatic heterocycles. The monoisotopic (exact) mass is 397 g/mol. The van der Waals surface area contributed by atoms with E-state index >= 15 is 0 Å². The zero-order chi connectivity index (χ0) is 18.7. The number of nitrogens with zero attached hydrogens (tertiary/aromatic N) is 2. The Morgan fingerprint density at radius 2 is 2.04 bits per heavy atom. The number of ether oxygens (including phenoxy) is 1. The Hall–Kier alpha value is -2.20. The number of hydrogen-bond acceptors (Lipinski definition) is 7.